The second-order valence-electron chi connectivity index (χ2n) is 1.27. The second kappa shape index (κ2) is 5.19. The van der Waals surface area contributed by atoms with E-state index in [-0.39, 0.29) is 51.4 Å². The molecule has 1 heterocycles. The molecule has 0 radical (unpaired) electrons. The van der Waals surface area contributed by atoms with Crippen LogP contribution in [0.1, 0.15) is 6.42 Å². The fourth-order valence-electron chi connectivity index (χ4n) is 0.442. The van der Waals surface area contributed by atoms with Crippen LogP contribution >= 0.6 is 0 Å². The molecule has 0 fully saturated rings. The van der Waals surface area contributed by atoms with Gasteiger partial charge in [0.2, 0.25) is 0 Å². The topological polar surface area (TPSA) is 12.4 Å². The number of hydrogen-bond acceptors (Lipinski definition) is 1. The third-order valence-corrected chi connectivity index (χ3v) is 0.752. The van der Waals surface area contributed by atoms with Gasteiger partial charge in [-0.25, -0.2) is 0 Å². The molecule has 1 nitrogen and oxygen atoms in total. The molecule has 1 rings (SSSR count). The fourth-order valence-corrected chi connectivity index (χ4v) is 0.442. The van der Waals surface area contributed by atoms with E-state index in [2.05, 4.69) is 11.1 Å². The summed E-state index contributed by atoms with van der Waals surface area (Å²) in [5.41, 5.74) is 0. The van der Waals surface area contributed by atoms with Gasteiger partial charge in [-0.2, -0.15) is 0 Å². The van der Waals surface area contributed by atoms with Crippen LogP contribution in [0.2, 0.25) is 0 Å². The molecule has 0 bridgehead atoms. The average molecular weight is 121 g/mol. The van der Waals surface area contributed by atoms with Gasteiger partial charge in [-0.05, 0) is 12.5 Å². The Hall–Kier alpha value is 1.05. The maximum atomic E-state index is 3.97. The Morgan fingerprint density at radius 3 is 2.43 bits per heavy atom. The third kappa shape index (κ3) is 3.61. The van der Waals surface area contributed by atoms with E-state index in [0.29, 0.717) is 0 Å². The maximum absolute atomic E-state index is 3.97. The normalized spacial score (nSPS) is 16.0. The van der Waals surface area contributed by atoms with Crippen molar-refractivity contribution in [3.05, 3.63) is 12.2 Å². The Morgan fingerprint density at radius 2 is 2.29 bits per heavy atom. The van der Waals surface area contributed by atoms with Crippen molar-refractivity contribution in [2.75, 3.05) is 6.54 Å². The first-order chi connectivity index (χ1) is 3.00. The summed E-state index contributed by atoms with van der Waals surface area (Å²) in [6.07, 6.45) is 7.05. The van der Waals surface area contributed by atoms with Gasteiger partial charge < -0.3 is 0 Å². The van der Waals surface area contributed by atoms with Crippen molar-refractivity contribution in [1.29, 1.82) is 0 Å². The van der Waals surface area contributed by atoms with Crippen molar-refractivity contribution in [3.8, 4) is 0 Å². The predicted molar refractivity (Wildman–Crippen MR) is 34.3 cm³/mol. The summed E-state index contributed by atoms with van der Waals surface area (Å²) >= 11 is 0. The molecule has 0 aromatic carbocycles. The predicted octanol–water partition coefficient (Wildman–Crippen LogP) is 0.369. The van der Waals surface area contributed by atoms with E-state index >= 15 is 0 Å². The molecule has 1 aliphatic heterocycles. The van der Waals surface area contributed by atoms with Crippen molar-refractivity contribution in [1.82, 2.24) is 0 Å². The van der Waals surface area contributed by atoms with Crippen LogP contribution < -0.4 is 0 Å². The zero-order valence-corrected chi connectivity index (χ0v) is 3.59. The van der Waals surface area contributed by atoms with E-state index < -0.39 is 0 Å². The molecule has 2 heteroatoms. The Balaban J connectivity index is 0.000000360. The number of aliphatic imine (C=N–C) groups is 1. The summed E-state index contributed by atoms with van der Waals surface area (Å²) < 4.78 is 0. The quantitative estimate of drug-likeness (QED) is 0.411. The van der Waals surface area contributed by atoms with E-state index in [4.69, 9.17) is 0 Å². The second-order valence-corrected chi connectivity index (χ2v) is 1.27. The molecule has 0 atom stereocenters. The number of dihydropyridines is 1. The summed E-state index contributed by atoms with van der Waals surface area (Å²) in [4.78, 5) is 3.97. The van der Waals surface area contributed by atoms with E-state index in [1.807, 2.05) is 12.3 Å². The van der Waals surface area contributed by atoms with Crippen molar-refractivity contribution in [2.24, 2.45) is 4.99 Å². The average Bonchev–Trinajstić information content (AvgIpc) is 1.72. The molecule has 0 unspecified atom stereocenters. The molecular formula is C5H8KN. The van der Waals surface area contributed by atoms with Crippen molar-refractivity contribution in [3.63, 3.8) is 0 Å². The van der Waals surface area contributed by atoms with Gasteiger partial charge >= 0.3 is 51.4 Å². The molecule has 1 aliphatic rings. The Labute approximate surface area is 86.3 Å². The SMILES string of the molecule is C1=CCCN=C1.[KH]. The zero-order chi connectivity index (χ0) is 4.24. The third-order valence-electron chi connectivity index (χ3n) is 0.752. The minimum absolute atomic E-state index is 0. The van der Waals surface area contributed by atoms with Crippen LogP contribution in [0.3, 0.4) is 0 Å². The molecule has 0 saturated heterocycles. The minimum atomic E-state index is 0. The van der Waals surface area contributed by atoms with Crippen molar-refractivity contribution < 1.29 is 0 Å². The molecule has 34 valence electrons. The van der Waals surface area contributed by atoms with Crippen LogP contribution in [0.15, 0.2) is 17.1 Å². The van der Waals surface area contributed by atoms with Gasteiger partial charge in [0.1, 0.15) is 0 Å². The first kappa shape index (κ1) is 8.05. The summed E-state index contributed by atoms with van der Waals surface area (Å²) in [6, 6.07) is 0. The molecule has 7 heavy (non-hydrogen) atoms. The zero-order valence-electron chi connectivity index (χ0n) is 3.59. The van der Waals surface area contributed by atoms with Gasteiger partial charge in [-0.15, -0.1) is 0 Å². The molecule has 0 aromatic heterocycles. The number of allylic oxidation sites excluding steroid dienone is 1. The van der Waals surface area contributed by atoms with Crippen LogP contribution in [0.25, 0.3) is 0 Å². The Kier molecular flexibility index (Phi) is 5.96. The number of rotatable bonds is 0. The van der Waals surface area contributed by atoms with E-state index in [1.165, 1.54) is 0 Å². The van der Waals surface area contributed by atoms with E-state index in [9.17, 15) is 0 Å². The fraction of sp³-hybridized carbons (Fsp3) is 0.400. The van der Waals surface area contributed by atoms with E-state index in [0.717, 1.165) is 13.0 Å². The van der Waals surface area contributed by atoms with Crippen LogP contribution in [-0.2, 0) is 0 Å². The molecule has 0 spiro atoms. The number of nitrogens with zero attached hydrogens (tertiary/aromatic N) is 1. The Morgan fingerprint density at radius 1 is 1.43 bits per heavy atom. The molecule has 0 aromatic rings. The molecule has 0 aliphatic carbocycles. The molecule has 0 N–H and O–H groups in total. The van der Waals surface area contributed by atoms with Gasteiger partial charge in [0.15, 0.2) is 0 Å². The molecular weight excluding hydrogens is 113 g/mol. The summed E-state index contributed by atoms with van der Waals surface area (Å²) in [5.74, 6) is 0. The van der Waals surface area contributed by atoms with Gasteiger partial charge in [0.05, 0.1) is 0 Å². The van der Waals surface area contributed by atoms with Crippen LogP contribution in [0, 0.1) is 0 Å². The van der Waals surface area contributed by atoms with Gasteiger partial charge in [0, 0.05) is 12.8 Å². The van der Waals surface area contributed by atoms with Crippen molar-refractivity contribution >= 4 is 57.6 Å². The van der Waals surface area contributed by atoms with Gasteiger partial charge in [-0.1, -0.05) is 6.08 Å². The van der Waals surface area contributed by atoms with Crippen LogP contribution in [0.5, 0.6) is 0 Å². The Bertz CT molecular complexity index is 74.1. The van der Waals surface area contributed by atoms with Gasteiger partial charge in [0.25, 0.3) is 0 Å². The monoisotopic (exact) mass is 121 g/mol. The summed E-state index contributed by atoms with van der Waals surface area (Å²) in [5, 5.41) is 0. The first-order valence-electron chi connectivity index (χ1n) is 2.15. The van der Waals surface area contributed by atoms with Crippen LogP contribution in [0.4, 0.5) is 0 Å². The number of hydrogen-bond donors (Lipinski definition) is 0. The van der Waals surface area contributed by atoms with Crippen molar-refractivity contribution in [2.45, 2.75) is 6.42 Å². The summed E-state index contributed by atoms with van der Waals surface area (Å²) in [7, 11) is 0. The van der Waals surface area contributed by atoms with E-state index in [1.54, 1.807) is 0 Å². The standard InChI is InChI=1S/C5H7N.K.H/c1-2-4-6-5-3-1;;/h1-2,4H,3,5H2;;. The van der Waals surface area contributed by atoms with Crippen LogP contribution in [-0.4, -0.2) is 64.1 Å². The molecule has 0 amide bonds. The first-order valence-corrected chi connectivity index (χ1v) is 2.15. The van der Waals surface area contributed by atoms with Gasteiger partial charge in [-0.3, -0.25) is 4.99 Å². The summed E-state index contributed by atoms with van der Waals surface area (Å²) in [6.45, 7) is 0.983. The molecule has 0 saturated carbocycles.